The van der Waals surface area contributed by atoms with Crippen molar-refractivity contribution >= 4 is 15.9 Å². The van der Waals surface area contributed by atoms with Gasteiger partial charge in [-0.2, -0.15) is 0 Å². The highest BCUT2D eigenvalue weighted by Gasteiger charge is 2.24. The molecule has 1 amide bonds. The van der Waals surface area contributed by atoms with Crippen LogP contribution in [0.5, 0.6) is 0 Å². The van der Waals surface area contributed by atoms with Gasteiger partial charge < -0.3 is 11.1 Å². The van der Waals surface area contributed by atoms with Crippen LogP contribution in [-0.2, 0) is 21.2 Å². The van der Waals surface area contributed by atoms with Crippen LogP contribution in [-0.4, -0.2) is 38.7 Å². The van der Waals surface area contributed by atoms with Crippen LogP contribution in [0.15, 0.2) is 30.3 Å². The molecule has 0 aromatic heterocycles. The Hall–Kier alpha value is -1.44. The number of nitrogens with two attached hydrogens (primary N) is 1. The van der Waals surface area contributed by atoms with Gasteiger partial charge in [0.2, 0.25) is 15.9 Å². The average molecular weight is 313 g/mol. The molecule has 0 fully saturated rings. The Kier molecular flexibility index (Phi) is 5.88. The minimum absolute atomic E-state index is 0.168. The van der Waals surface area contributed by atoms with Gasteiger partial charge in [0.05, 0.1) is 12.3 Å². The lowest BCUT2D eigenvalue weighted by molar-refractivity contribution is -0.122. The van der Waals surface area contributed by atoms with Gasteiger partial charge in [0.25, 0.3) is 0 Å². The SMILES string of the molecule is CC(C)(CNC(=O)[C@@H](N)Cc1ccccc1)NS(C)(=O)=O. The van der Waals surface area contributed by atoms with Gasteiger partial charge in [0.15, 0.2) is 0 Å². The zero-order valence-corrected chi connectivity index (χ0v) is 13.4. The van der Waals surface area contributed by atoms with Crippen molar-refractivity contribution in [1.82, 2.24) is 10.0 Å². The summed E-state index contributed by atoms with van der Waals surface area (Å²) in [7, 11) is -3.33. The lowest BCUT2D eigenvalue weighted by Crippen LogP contribution is -2.53. The summed E-state index contributed by atoms with van der Waals surface area (Å²) in [5.41, 5.74) is 6.07. The smallest absolute Gasteiger partial charge is 0.237 e. The number of nitrogens with one attached hydrogen (secondary N) is 2. The molecule has 0 heterocycles. The van der Waals surface area contributed by atoms with E-state index in [1.54, 1.807) is 13.8 Å². The van der Waals surface area contributed by atoms with Crippen molar-refractivity contribution in [2.75, 3.05) is 12.8 Å². The molecule has 4 N–H and O–H groups in total. The van der Waals surface area contributed by atoms with Crippen LogP contribution in [0.3, 0.4) is 0 Å². The van der Waals surface area contributed by atoms with Gasteiger partial charge in [-0.15, -0.1) is 0 Å². The number of amides is 1. The van der Waals surface area contributed by atoms with E-state index in [1.807, 2.05) is 30.3 Å². The molecule has 0 saturated carbocycles. The zero-order valence-electron chi connectivity index (χ0n) is 12.6. The number of rotatable bonds is 7. The highest BCUT2D eigenvalue weighted by atomic mass is 32.2. The molecule has 6 nitrogen and oxygen atoms in total. The molecule has 1 aromatic rings. The van der Waals surface area contributed by atoms with Crippen molar-refractivity contribution in [2.45, 2.75) is 31.8 Å². The first-order valence-corrected chi connectivity index (χ1v) is 8.54. The molecule has 0 saturated heterocycles. The Morgan fingerprint density at radius 3 is 2.38 bits per heavy atom. The van der Waals surface area contributed by atoms with Gasteiger partial charge in [-0.3, -0.25) is 4.79 Å². The number of hydrogen-bond acceptors (Lipinski definition) is 4. The molecule has 1 aromatic carbocycles. The van der Waals surface area contributed by atoms with Crippen LogP contribution in [0.25, 0.3) is 0 Å². The summed E-state index contributed by atoms with van der Waals surface area (Å²) in [4.78, 5) is 11.9. The van der Waals surface area contributed by atoms with Gasteiger partial charge >= 0.3 is 0 Å². The van der Waals surface area contributed by atoms with Crippen molar-refractivity contribution in [2.24, 2.45) is 5.73 Å². The lowest BCUT2D eigenvalue weighted by Gasteiger charge is -2.26. The van der Waals surface area contributed by atoms with Crippen molar-refractivity contribution in [1.29, 1.82) is 0 Å². The summed E-state index contributed by atoms with van der Waals surface area (Å²) < 4.78 is 24.9. The number of sulfonamides is 1. The Bertz CT molecular complexity index is 570. The van der Waals surface area contributed by atoms with E-state index in [0.29, 0.717) is 6.42 Å². The molecule has 0 bridgehead atoms. The zero-order chi connectivity index (χ0) is 16.1. The molecule has 0 aliphatic heterocycles. The largest absolute Gasteiger partial charge is 0.353 e. The van der Waals surface area contributed by atoms with Crippen molar-refractivity contribution < 1.29 is 13.2 Å². The number of carbonyl (C=O) groups excluding carboxylic acids is 1. The summed E-state index contributed by atoms with van der Waals surface area (Å²) in [5.74, 6) is -0.303. The Balaban J connectivity index is 2.49. The normalized spacial score (nSPS) is 13.7. The van der Waals surface area contributed by atoms with E-state index in [2.05, 4.69) is 10.0 Å². The first kappa shape index (κ1) is 17.6. The first-order valence-electron chi connectivity index (χ1n) is 6.65. The maximum Gasteiger partial charge on any atom is 0.237 e. The third kappa shape index (κ3) is 7.22. The highest BCUT2D eigenvalue weighted by Crippen LogP contribution is 2.04. The molecule has 0 aliphatic rings. The second-order valence-electron chi connectivity index (χ2n) is 5.77. The quantitative estimate of drug-likeness (QED) is 0.659. The summed E-state index contributed by atoms with van der Waals surface area (Å²) in [6.45, 7) is 3.55. The van der Waals surface area contributed by atoms with Crippen LogP contribution in [0, 0.1) is 0 Å². The molecule has 0 spiro atoms. The van der Waals surface area contributed by atoms with Crippen molar-refractivity contribution in [3.8, 4) is 0 Å². The van der Waals surface area contributed by atoms with Crippen molar-refractivity contribution in [3.05, 3.63) is 35.9 Å². The molecule has 7 heteroatoms. The van der Waals surface area contributed by atoms with Gasteiger partial charge in [-0.1, -0.05) is 30.3 Å². The van der Waals surface area contributed by atoms with Crippen LogP contribution in [0.2, 0.25) is 0 Å². The Morgan fingerprint density at radius 2 is 1.86 bits per heavy atom. The molecule has 118 valence electrons. The third-order valence-electron chi connectivity index (χ3n) is 2.80. The maximum absolute atomic E-state index is 11.9. The van der Waals surface area contributed by atoms with Crippen LogP contribution >= 0.6 is 0 Å². The molecular weight excluding hydrogens is 290 g/mol. The molecular formula is C14H23N3O3S. The van der Waals surface area contributed by atoms with E-state index in [4.69, 9.17) is 5.73 Å². The van der Waals surface area contributed by atoms with E-state index in [-0.39, 0.29) is 12.5 Å². The summed E-state index contributed by atoms with van der Waals surface area (Å²) in [5, 5.41) is 2.67. The van der Waals surface area contributed by atoms with Gasteiger partial charge in [-0.05, 0) is 25.8 Å². The predicted octanol–water partition coefficient (Wildman–Crippen LogP) is 0.000400. The van der Waals surface area contributed by atoms with Crippen LogP contribution in [0.1, 0.15) is 19.4 Å². The van der Waals surface area contributed by atoms with Crippen molar-refractivity contribution in [3.63, 3.8) is 0 Å². The number of carbonyl (C=O) groups is 1. The van der Waals surface area contributed by atoms with Crippen LogP contribution < -0.4 is 15.8 Å². The molecule has 1 rings (SSSR count). The minimum atomic E-state index is -3.33. The Labute approximate surface area is 126 Å². The van der Waals surface area contributed by atoms with Gasteiger partial charge in [0, 0.05) is 12.1 Å². The monoisotopic (exact) mass is 313 g/mol. The topological polar surface area (TPSA) is 101 Å². The maximum atomic E-state index is 11.9. The first-order chi connectivity index (χ1) is 9.59. The molecule has 0 aliphatic carbocycles. The predicted molar refractivity (Wildman–Crippen MR) is 83.2 cm³/mol. The standard InChI is InChI=1S/C14H23N3O3S/c1-14(2,17-21(3,19)20)10-16-13(18)12(15)9-11-7-5-4-6-8-11/h4-8,12,17H,9-10,15H2,1-3H3,(H,16,18)/t12-/m0/s1. The minimum Gasteiger partial charge on any atom is -0.353 e. The van der Waals surface area contributed by atoms with Crippen LogP contribution in [0.4, 0.5) is 0 Å². The average Bonchev–Trinajstić information content (AvgIpc) is 2.34. The molecule has 0 unspecified atom stereocenters. The summed E-state index contributed by atoms with van der Waals surface area (Å²) in [6, 6.07) is 8.82. The summed E-state index contributed by atoms with van der Waals surface area (Å²) >= 11 is 0. The second kappa shape index (κ2) is 7.02. The molecule has 1 atom stereocenters. The van der Waals surface area contributed by atoms with E-state index in [1.165, 1.54) is 0 Å². The highest BCUT2D eigenvalue weighted by molar-refractivity contribution is 7.88. The fourth-order valence-electron chi connectivity index (χ4n) is 1.94. The molecule has 21 heavy (non-hydrogen) atoms. The van der Waals surface area contributed by atoms with E-state index >= 15 is 0 Å². The van der Waals surface area contributed by atoms with Gasteiger partial charge in [-0.25, -0.2) is 13.1 Å². The van der Waals surface area contributed by atoms with E-state index in [9.17, 15) is 13.2 Å². The second-order valence-corrected chi connectivity index (χ2v) is 7.52. The Morgan fingerprint density at radius 1 is 1.29 bits per heavy atom. The lowest BCUT2D eigenvalue weighted by atomic mass is 10.0. The fraction of sp³-hybridized carbons (Fsp3) is 0.500. The number of benzene rings is 1. The number of hydrogen-bond donors (Lipinski definition) is 3. The third-order valence-corrected chi connectivity index (χ3v) is 3.72. The van der Waals surface area contributed by atoms with E-state index < -0.39 is 21.6 Å². The summed E-state index contributed by atoms with van der Waals surface area (Å²) in [6.07, 6.45) is 1.52. The fourth-order valence-corrected chi connectivity index (χ4v) is 3.01. The molecule has 0 radical (unpaired) electrons. The van der Waals surface area contributed by atoms with Gasteiger partial charge in [0.1, 0.15) is 0 Å². The van der Waals surface area contributed by atoms with E-state index in [0.717, 1.165) is 11.8 Å².